The van der Waals surface area contributed by atoms with Gasteiger partial charge in [0.15, 0.2) is 0 Å². The molecule has 1 heterocycles. The van der Waals surface area contributed by atoms with Crippen molar-refractivity contribution < 1.29 is 9.84 Å². The van der Waals surface area contributed by atoms with Gasteiger partial charge in [-0.15, -0.1) is 0 Å². The van der Waals surface area contributed by atoms with Crippen LogP contribution in [0.5, 0.6) is 0 Å². The lowest BCUT2D eigenvalue weighted by atomic mass is 10.2. The molecule has 0 aromatic carbocycles. The molecular formula is C11H20N2O2. The Balaban J connectivity index is 2.33. The molecule has 1 rings (SSSR count). The zero-order valence-electron chi connectivity index (χ0n) is 9.52. The van der Waals surface area contributed by atoms with E-state index in [1.54, 1.807) is 13.3 Å². The molecule has 0 bridgehead atoms. The second kappa shape index (κ2) is 6.58. The van der Waals surface area contributed by atoms with E-state index in [1.165, 1.54) is 0 Å². The summed E-state index contributed by atoms with van der Waals surface area (Å²) >= 11 is 0. The molecule has 4 heteroatoms. The molecule has 4 nitrogen and oxygen atoms in total. The summed E-state index contributed by atoms with van der Waals surface area (Å²) in [7, 11) is 1.71. The summed E-state index contributed by atoms with van der Waals surface area (Å²) in [5.41, 5.74) is 0.907. The predicted molar refractivity (Wildman–Crippen MR) is 58.6 cm³/mol. The molecule has 0 saturated heterocycles. The number of unbranched alkanes of at least 4 members (excludes halogenated alkanes) is 1. The van der Waals surface area contributed by atoms with Gasteiger partial charge in [0.1, 0.15) is 0 Å². The zero-order chi connectivity index (χ0) is 11.1. The standard InChI is InChI=1S/C11H20N2O2/c1-3-11(14)10-8-12-13(9-10)6-4-5-7-15-2/h8-9,11,14H,3-7H2,1-2H3. The van der Waals surface area contributed by atoms with Crippen LogP contribution in [0.4, 0.5) is 0 Å². The lowest BCUT2D eigenvalue weighted by Gasteiger charge is -2.03. The van der Waals surface area contributed by atoms with E-state index in [0.29, 0.717) is 0 Å². The third-order valence-electron chi connectivity index (χ3n) is 2.41. The van der Waals surface area contributed by atoms with Crippen molar-refractivity contribution in [1.82, 2.24) is 9.78 Å². The normalized spacial score (nSPS) is 13.0. The Kier molecular flexibility index (Phi) is 5.36. The Bertz CT molecular complexity index is 273. The third kappa shape index (κ3) is 4.01. The summed E-state index contributed by atoms with van der Waals surface area (Å²) < 4.78 is 6.85. The van der Waals surface area contributed by atoms with Crippen LogP contribution in [0.1, 0.15) is 37.9 Å². The maximum absolute atomic E-state index is 9.58. The first-order chi connectivity index (χ1) is 7.27. The first-order valence-corrected chi connectivity index (χ1v) is 5.47. The Morgan fingerprint density at radius 3 is 3.00 bits per heavy atom. The van der Waals surface area contributed by atoms with Crippen LogP contribution in [0.2, 0.25) is 0 Å². The summed E-state index contributed by atoms with van der Waals surface area (Å²) in [5.74, 6) is 0. The predicted octanol–water partition coefficient (Wildman–Crippen LogP) is 1.75. The molecule has 0 radical (unpaired) electrons. The lowest BCUT2D eigenvalue weighted by Crippen LogP contribution is -2.00. The minimum atomic E-state index is -0.377. The van der Waals surface area contributed by atoms with Crippen LogP contribution in [-0.2, 0) is 11.3 Å². The molecule has 0 fully saturated rings. The monoisotopic (exact) mass is 212 g/mol. The van der Waals surface area contributed by atoms with Gasteiger partial charge < -0.3 is 9.84 Å². The SMILES string of the molecule is CCC(O)c1cnn(CCCCOC)c1. The molecule has 0 amide bonds. The topological polar surface area (TPSA) is 47.3 Å². The van der Waals surface area contributed by atoms with Crippen molar-refractivity contribution in [2.45, 2.75) is 38.8 Å². The highest BCUT2D eigenvalue weighted by Crippen LogP contribution is 2.14. The molecule has 15 heavy (non-hydrogen) atoms. The number of hydrogen-bond donors (Lipinski definition) is 1. The molecule has 1 aromatic heterocycles. The van der Waals surface area contributed by atoms with Gasteiger partial charge in [-0.05, 0) is 19.3 Å². The van der Waals surface area contributed by atoms with Crippen molar-refractivity contribution in [3.05, 3.63) is 18.0 Å². The average Bonchev–Trinajstić information content (AvgIpc) is 2.72. The number of aliphatic hydroxyl groups excluding tert-OH is 1. The van der Waals surface area contributed by atoms with E-state index in [1.807, 2.05) is 17.8 Å². The number of aromatic nitrogens is 2. The quantitative estimate of drug-likeness (QED) is 0.700. The molecule has 0 aliphatic rings. The highest BCUT2D eigenvalue weighted by molar-refractivity contribution is 5.07. The van der Waals surface area contributed by atoms with Gasteiger partial charge in [-0.1, -0.05) is 6.92 Å². The number of aliphatic hydroxyl groups is 1. The van der Waals surface area contributed by atoms with Gasteiger partial charge in [0.2, 0.25) is 0 Å². The molecule has 86 valence electrons. The van der Waals surface area contributed by atoms with E-state index in [0.717, 1.165) is 38.0 Å². The van der Waals surface area contributed by atoms with Crippen molar-refractivity contribution in [1.29, 1.82) is 0 Å². The maximum Gasteiger partial charge on any atom is 0.0817 e. The van der Waals surface area contributed by atoms with Crippen molar-refractivity contribution in [2.75, 3.05) is 13.7 Å². The number of methoxy groups -OCH3 is 1. The average molecular weight is 212 g/mol. The Morgan fingerprint density at radius 1 is 1.53 bits per heavy atom. The Labute approximate surface area is 90.9 Å². The first kappa shape index (κ1) is 12.2. The lowest BCUT2D eigenvalue weighted by molar-refractivity contribution is 0.173. The molecule has 0 saturated carbocycles. The minimum absolute atomic E-state index is 0.377. The third-order valence-corrected chi connectivity index (χ3v) is 2.41. The van der Waals surface area contributed by atoms with Gasteiger partial charge in [0, 0.05) is 32.0 Å². The number of hydrogen-bond acceptors (Lipinski definition) is 3. The van der Waals surface area contributed by atoms with E-state index < -0.39 is 0 Å². The molecule has 1 aromatic rings. The summed E-state index contributed by atoms with van der Waals surface area (Å²) in [6, 6.07) is 0. The minimum Gasteiger partial charge on any atom is -0.388 e. The van der Waals surface area contributed by atoms with Gasteiger partial charge in [-0.2, -0.15) is 5.10 Å². The second-order valence-electron chi connectivity index (χ2n) is 3.66. The van der Waals surface area contributed by atoms with E-state index in [4.69, 9.17) is 4.74 Å². The molecule has 0 aliphatic carbocycles. The summed E-state index contributed by atoms with van der Waals surface area (Å²) in [4.78, 5) is 0. The van der Waals surface area contributed by atoms with Gasteiger partial charge in [-0.3, -0.25) is 4.68 Å². The van der Waals surface area contributed by atoms with Crippen molar-refractivity contribution in [3.63, 3.8) is 0 Å². The van der Waals surface area contributed by atoms with E-state index in [9.17, 15) is 5.11 Å². The number of nitrogens with zero attached hydrogens (tertiary/aromatic N) is 2. The highest BCUT2D eigenvalue weighted by Gasteiger charge is 2.06. The fourth-order valence-corrected chi connectivity index (χ4v) is 1.43. The van der Waals surface area contributed by atoms with Crippen molar-refractivity contribution >= 4 is 0 Å². The fraction of sp³-hybridized carbons (Fsp3) is 0.727. The van der Waals surface area contributed by atoms with Crippen LogP contribution in [0, 0.1) is 0 Å². The van der Waals surface area contributed by atoms with Crippen LogP contribution >= 0.6 is 0 Å². The van der Waals surface area contributed by atoms with E-state index >= 15 is 0 Å². The largest absolute Gasteiger partial charge is 0.388 e. The van der Waals surface area contributed by atoms with E-state index in [2.05, 4.69) is 5.10 Å². The van der Waals surface area contributed by atoms with Gasteiger partial charge >= 0.3 is 0 Å². The molecule has 1 N–H and O–H groups in total. The second-order valence-corrected chi connectivity index (χ2v) is 3.66. The Morgan fingerprint density at radius 2 is 2.33 bits per heavy atom. The van der Waals surface area contributed by atoms with Gasteiger partial charge in [-0.25, -0.2) is 0 Å². The number of rotatable bonds is 7. The smallest absolute Gasteiger partial charge is 0.0817 e. The van der Waals surface area contributed by atoms with Crippen LogP contribution in [0.3, 0.4) is 0 Å². The van der Waals surface area contributed by atoms with Crippen molar-refractivity contribution in [3.8, 4) is 0 Å². The first-order valence-electron chi connectivity index (χ1n) is 5.47. The molecule has 1 unspecified atom stereocenters. The highest BCUT2D eigenvalue weighted by atomic mass is 16.5. The summed E-state index contributed by atoms with van der Waals surface area (Å²) in [5, 5.41) is 13.8. The zero-order valence-corrected chi connectivity index (χ0v) is 9.52. The Hall–Kier alpha value is -0.870. The van der Waals surface area contributed by atoms with Crippen LogP contribution in [0.15, 0.2) is 12.4 Å². The van der Waals surface area contributed by atoms with Crippen molar-refractivity contribution in [2.24, 2.45) is 0 Å². The van der Waals surface area contributed by atoms with Gasteiger partial charge in [0.25, 0.3) is 0 Å². The molecular weight excluding hydrogens is 192 g/mol. The fourth-order valence-electron chi connectivity index (χ4n) is 1.43. The van der Waals surface area contributed by atoms with Crippen LogP contribution in [-0.4, -0.2) is 28.6 Å². The summed E-state index contributed by atoms with van der Waals surface area (Å²) in [6.07, 6.45) is 6.11. The van der Waals surface area contributed by atoms with Crippen LogP contribution < -0.4 is 0 Å². The van der Waals surface area contributed by atoms with Crippen LogP contribution in [0.25, 0.3) is 0 Å². The summed E-state index contributed by atoms with van der Waals surface area (Å²) in [6.45, 7) is 3.64. The van der Waals surface area contributed by atoms with E-state index in [-0.39, 0.29) is 6.10 Å². The molecule has 0 spiro atoms. The maximum atomic E-state index is 9.58. The molecule has 0 aliphatic heterocycles. The van der Waals surface area contributed by atoms with Gasteiger partial charge in [0.05, 0.1) is 12.3 Å². The number of aryl methyl sites for hydroxylation is 1. The number of ether oxygens (including phenoxy) is 1. The molecule has 1 atom stereocenters.